The van der Waals surface area contributed by atoms with E-state index in [4.69, 9.17) is 4.74 Å². The fraction of sp³-hybridized carbons (Fsp3) is 0.111. The number of thiazole rings is 1. The molecular formula is C18H15FN2O2S. The molecule has 0 unspecified atom stereocenters. The van der Waals surface area contributed by atoms with Gasteiger partial charge in [0, 0.05) is 16.6 Å². The van der Waals surface area contributed by atoms with Gasteiger partial charge in [-0.05, 0) is 48.9 Å². The maximum atomic E-state index is 13.1. The highest BCUT2D eigenvalue weighted by Crippen LogP contribution is 2.19. The van der Waals surface area contributed by atoms with Crippen molar-refractivity contribution in [3.05, 3.63) is 76.0 Å². The van der Waals surface area contributed by atoms with Crippen LogP contribution in [0, 0.1) is 12.7 Å². The molecule has 0 aliphatic carbocycles. The SMILES string of the molecule is Cc1cc(F)ccc1NC(=O)c1cccc(OCc2cscn2)c1. The lowest BCUT2D eigenvalue weighted by Crippen LogP contribution is -2.13. The maximum Gasteiger partial charge on any atom is 0.255 e. The second-order valence-corrected chi connectivity index (χ2v) is 5.93. The van der Waals surface area contributed by atoms with Gasteiger partial charge >= 0.3 is 0 Å². The van der Waals surface area contributed by atoms with Crippen LogP contribution in [0.3, 0.4) is 0 Å². The van der Waals surface area contributed by atoms with Crippen LogP contribution in [-0.4, -0.2) is 10.9 Å². The van der Waals surface area contributed by atoms with E-state index in [1.54, 1.807) is 42.8 Å². The standard InChI is InChI=1S/C18H15FN2O2S/c1-12-7-14(19)5-6-17(12)21-18(22)13-3-2-4-16(8-13)23-9-15-10-24-11-20-15/h2-8,10-11H,9H2,1H3,(H,21,22). The van der Waals surface area contributed by atoms with Crippen LogP contribution >= 0.6 is 11.3 Å². The van der Waals surface area contributed by atoms with Crippen molar-refractivity contribution in [3.8, 4) is 5.75 Å². The first-order valence-electron chi connectivity index (χ1n) is 7.29. The number of carbonyl (C=O) groups excluding carboxylic acids is 1. The molecule has 1 heterocycles. The van der Waals surface area contributed by atoms with Gasteiger partial charge in [-0.2, -0.15) is 0 Å². The number of halogens is 1. The molecule has 0 saturated carbocycles. The lowest BCUT2D eigenvalue weighted by atomic mass is 10.1. The van der Waals surface area contributed by atoms with Crippen molar-refractivity contribution in [2.45, 2.75) is 13.5 Å². The highest BCUT2D eigenvalue weighted by Gasteiger charge is 2.09. The van der Waals surface area contributed by atoms with Crippen LogP contribution in [0.1, 0.15) is 21.6 Å². The predicted molar refractivity (Wildman–Crippen MR) is 92.0 cm³/mol. The Labute approximate surface area is 142 Å². The van der Waals surface area contributed by atoms with Gasteiger partial charge in [0.15, 0.2) is 0 Å². The minimum absolute atomic E-state index is 0.274. The smallest absolute Gasteiger partial charge is 0.255 e. The molecule has 0 fully saturated rings. The summed E-state index contributed by atoms with van der Waals surface area (Å²) in [4.78, 5) is 16.5. The zero-order chi connectivity index (χ0) is 16.9. The first-order valence-corrected chi connectivity index (χ1v) is 8.23. The highest BCUT2D eigenvalue weighted by molar-refractivity contribution is 7.07. The molecule has 24 heavy (non-hydrogen) atoms. The van der Waals surface area contributed by atoms with E-state index in [-0.39, 0.29) is 11.7 Å². The van der Waals surface area contributed by atoms with E-state index < -0.39 is 0 Å². The second-order valence-electron chi connectivity index (χ2n) is 5.21. The third-order valence-corrected chi connectivity index (χ3v) is 4.04. The van der Waals surface area contributed by atoms with Crippen molar-refractivity contribution in [1.82, 2.24) is 4.98 Å². The van der Waals surface area contributed by atoms with Crippen LogP contribution in [0.25, 0.3) is 0 Å². The third kappa shape index (κ3) is 3.97. The van der Waals surface area contributed by atoms with Crippen LogP contribution in [0.15, 0.2) is 53.4 Å². The molecule has 0 saturated heterocycles. The van der Waals surface area contributed by atoms with E-state index in [9.17, 15) is 9.18 Å². The van der Waals surface area contributed by atoms with Crippen LogP contribution in [-0.2, 0) is 6.61 Å². The van der Waals surface area contributed by atoms with Crippen molar-refractivity contribution in [1.29, 1.82) is 0 Å². The number of nitrogens with zero attached hydrogens (tertiary/aromatic N) is 1. The molecule has 1 amide bonds. The lowest BCUT2D eigenvalue weighted by molar-refractivity contribution is 0.102. The average molecular weight is 342 g/mol. The number of aromatic nitrogens is 1. The molecule has 1 aromatic heterocycles. The quantitative estimate of drug-likeness (QED) is 0.747. The topological polar surface area (TPSA) is 51.2 Å². The van der Waals surface area contributed by atoms with Crippen LogP contribution in [0.4, 0.5) is 10.1 Å². The predicted octanol–water partition coefficient (Wildman–Crippen LogP) is 4.42. The largest absolute Gasteiger partial charge is 0.487 e. The second kappa shape index (κ2) is 7.23. The molecule has 0 atom stereocenters. The molecule has 2 aromatic carbocycles. The Morgan fingerprint density at radius 3 is 2.92 bits per heavy atom. The molecule has 122 valence electrons. The molecule has 3 rings (SSSR count). The monoisotopic (exact) mass is 342 g/mol. The molecule has 0 spiro atoms. The fourth-order valence-corrected chi connectivity index (χ4v) is 2.70. The molecule has 0 aliphatic heterocycles. The van der Waals surface area contributed by atoms with Crippen molar-refractivity contribution in [2.24, 2.45) is 0 Å². The first-order chi connectivity index (χ1) is 11.6. The van der Waals surface area contributed by atoms with E-state index in [1.165, 1.54) is 23.5 Å². The number of hydrogen-bond donors (Lipinski definition) is 1. The summed E-state index contributed by atoms with van der Waals surface area (Å²) in [5.74, 6) is -0.0155. The summed E-state index contributed by atoms with van der Waals surface area (Å²) in [6, 6.07) is 11.1. The van der Waals surface area contributed by atoms with Gasteiger partial charge < -0.3 is 10.1 Å². The summed E-state index contributed by atoms with van der Waals surface area (Å²) in [7, 11) is 0. The number of amides is 1. The summed E-state index contributed by atoms with van der Waals surface area (Å²) in [6.45, 7) is 2.09. The van der Waals surface area contributed by atoms with Gasteiger partial charge in [-0.15, -0.1) is 11.3 Å². The number of aryl methyl sites for hydroxylation is 1. The minimum Gasteiger partial charge on any atom is -0.487 e. The van der Waals surface area contributed by atoms with E-state index in [2.05, 4.69) is 10.3 Å². The Hall–Kier alpha value is -2.73. The zero-order valence-corrected chi connectivity index (χ0v) is 13.8. The zero-order valence-electron chi connectivity index (χ0n) is 13.0. The number of hydrogen-bond acceptors (Lipinski definition) is 4. The number of carbonyl (C=O) groups is 1. The number of anilines is 1. The van der Waals surface area contributed by atoms with Gasteiger partial charge in [-0.25, -0.2) is 9.37 Å². The molecule has 3 aromatic rings. The highest BCUT2D eigenvalue weighted by atomic mass is 32.1. The Balaban J connectivity index is 1.69. The van der Waals surface area contributed by atoms with Gasteiger partial charge in [0.1, 0.15) is 18.2 Å². The van der Waals surface area contributed by atoms with Gasteiger partial charge in [-0.1, -0.05) is 6.07 Å². The summed E-state index contributed by atoms with van der Waals surface area (Å²) in [5.41, 5.74) is 4.30. The van der Waals surface area contributed by atoms with E-state index in [0.717, 1.165) is 5.69 Å². The molecule has 4 nitrogen and oxygen atoms in total. The maximum absolute atomic E-state index is 13.1. The first kappa shape index (κ1) is 16.1. The minimum atomic E-state index is -0.331. The molecule has 0 aliphatic rings. The Kier molecular flexibility index (Phi) is 4.86. The van der Waals surface area contributed by atoms with Crippen molar-refractivity contribution >= 4 is 22.9 Å². The number of ether oxygens (including phenoxy) is 1. The molecule has 0 bridgehead atoms. The lowest BCUT2D eigenvalue weighted by Gasteiger charge is -2.10. The van der Waals surface area contributed by atoms with E-state index >= 15 is 0 Å². The van der Waals surface area contributed by atoms with Crippen molar-refractivity contribution in [3.63, 3.8) is 0 Å². The van der Waals surface area contributed by atoms with Gasteiger partial charge in [0.05, 0.1) is 11.2 Å². The third-order valence-electron chi connectivity index (χ3n) is 3.40. The molecule has 1 N–H and O–H groups in total. The normalized spacial score (nSPS) is 10.4. The summed E-state index contributed by atoms with van der Waals surface area (Å²) in [5, 5.41) is 4.69. The summed E-state index contributed by atoms with van der Waals surface area (Å²) >= 11 is 1.50. The van der Waals surface area contributed by atoms with Crippen LogP contribution in [0.2, 0.25) is 0 Å². The summed E-state index contributed by atoms with van der Waals surface area (Å²) < 4.78 is 18.8. The number of nitrogens with one attached hydrogen (secondary N) is 1. The number of rotatable bonds is 5. The molecule has 6 heteroatoms. The Morgan fingerprint density at radius 2 is 2.17 bits per heavy atom. The summed E-state index contributed by atoms with van der Waals surface area (Å²) in [6.07, 6.45) is 0. The fourth-order valence-electron chi connectivity index (χ4n) is 2.16. The van der Waals surface area contributed by atoms with Crippen LogP contribution in [0.5, 0.6) is 5.75 Å². The van der Waals surface area contributed by atoms with Gasteiger partial charge in [0.25, 0.3) is 5.91 Å². The van der Waals surface area contributed by atoms with Gasteiger partial charge in [0.2, 0.25) is 0 Å². The molecule has 0 radical (unpaired) electrons. The van der Waals surface area contributed by atoms with Crippen molar-refractivity contribution in [2.75, 3.05) is 5.32 Å². The van der Waals surface area contributed by atoms with Crippen LogP contribution < -0.4 is 10.1 Å². The molecular weight excluding hydrogens is 327 g/mol. The van der Waals surface area contributed by atoms with E-state index in [1.807, 2.05) is 5.38 Å². The number of benzene rings is 2. The Bertz CT molecular complexity index is 850. The van der Waals surface area contributed by atoms with Gasteiger partial charge in [-0.3, -0.25) is 4.79 Å². The van der Waals surface area contributed by atoms with Crippen molar-refractivity contribution < 1.29 is 13.9 Å². The van der Waals surface area contributed by atoms with E-state index in [0.29, 0.717) is 29.2 Å². The Morgan fingerprint density at radius 1 is 1.29 bits per heavy atom. The average Bonchev–Trinajstić information content (AvgIpc) is 3.09.